The van der Waals surface area contributed by atoms with Gasteiger partial charge in [0.1, 0.15) is 5.75 Å². The van der Waals surface area contributed by atoms with E-state index in [1.54, 1.807) is 36.4 Å². The maximum atomic E-state index is 12.1. The van der Waals surface area contributed by atoms with Crippen LogP contribution < -0.4 is 15.4 Å². The van der Waals surface area contributed by atoms with Crippen molar-refractivity contribution in [2.24, 2.45) is 0 Å². The number of hydrogen-bond donors (Lipinski definition) is 2. The first-order valence-electron chi connectivity index (χ1n) is 7.11. The molecule has 2 amide bonds. The Morgan fingerprint density at radius 2 is 1.70 bits per heavy atom. The minimum atomic E-state index is -0.750. The monoisotopic (exact) mass is 376 g/mol. The molecule has 2 aromatic rings. The Labute approximate surface area is 143 Å². The van der Waals surface area contributed by atoms with Gasteiger partial charge in [-0.3, -0.25) is 9.59 Å². The Balaban J connectivity index is 2.07. The Hall–Kier alpha value is -2.34. The van der Waals surface area contributed by atoms with E-state index >= 15 is 0 Å². The first-order chi connectivity index (χ1) is 11.0. The van der Waals surface area contributed by atoms with Gasteiger partial charge >= 0.3 is 11.8 Å². The number of nitrogens with one attached hydrogen (secondary N) is 2. The molecule has 2 aromatic carbocycles. The van der Waals surface area contributed by atoms with Crippen LogP contribution in [0.5, 0.6) is 5.75 Å². The van der Waals surface area contributed by atoms with Crippen molar-refractivity contribution in [2.75, 3.05) is 17.2 Å². The van der Waals surface area contributed by atoms with E-state index in [2.05, 4.69) is 26.6 Å². The maximum absolute atomic E-state index is 12.1. The van der Waals surface area contributed by atoms with Crippen molar-refractivity contribution in [1.29, 1.82) is 0 Å². The molecule has 0 radical (unpaired) electrons. The highest BCUT2D eigenvalue weighted by molar-refractivity contribution is 9.10. The summed E-state index contributed by atoms with van der Waals surface area (Å²) in [6, 6.07) is 12.4. The van der Waals surface area contributed by atoms with Gasteiger partial charge in [0.05, 0.1) is 12.3 Å². The second-order valence-electron chi connectivity index (χ2n) is 4.80. The average molecular weight is 377 g/mol. The molecule has 0 aromatic heterocycles. The summed E-state index contributed by atoms with van der Waals surface area (Å²) in [5.74, 6) is -0.961. The predicted octanol–water partition coefficient (Wildman–Crippen LogP) is 3.73. The van der Waals surface area contributed by atoms with Crippen molar-refractivity contribution < 1.29 is 14.3 Å². The van der Waals surface area contributed by atoms with Crippen LogP contribution >= 0.6 is 15.9 Å². The Kier molecular flexibility index (Phi) is 5.76. The average Bonchev–Trinajstić information content (AvgIpc) is 2.52. The van der Waals surface area contributed by atoms with E-state index in [4.69, 9.17) is 4.74 Å². The fraction of sp³-hybridized carbons (Fsp3) is 0.176. The zero-order valence-corrected chi connectivity index (χ0v) is 14.4. The van der Waals surface area contributed by atoms with E-state index in [0.29, 0.717) is 23.7 Å². The third kappa shape index (κ3) is 4.56. The van der Waals surface area contributed by atoms with E-state index in [0.717, 1.165) is 10.0 Å². The minimum absolute atomic E-state index is 0.460. The van der Waals surface area contributed by atoms with Crippen LogP contribution in [-0.2, 0) is 9.59 Å². The topological polar surface area (TPSA) is 67.4 Å². The van der Waals surface area contributed by atoms with Crippen LogP contribution in [0.2, 0.25) is 0 Å². The van der Waals surface area contributed by atoms with Crippen molar-refractivity contribution >= 4 is 39.1 Å². The highest BCUT2D eigenvalue weighted by Gasteiger charge is 2.16. The second-order valence-corrected chi connectivity index (χ2v) is 5.71. The van der Waals surface area contributed by atoms with Gasteiger partial charge in [-0.05, 0) is 49.7 Å². The SMILES string of the molecule is CCOc1ccccc1NC(=O)C(=O)Nc1ccc(Br)cc1C. The summed E-state index contributed by atoms with van der Waals surface area (Å²) in [5.41, 5.74) is 1.91. The summed E-state index contributed by atoms with van der Waals surface area (Å²) < 4.78 is 6.32. The summed E-state index contributed by atoms with van der Waals surface area (Å²) >= 11 is 3.35. The highest BCUT2D eigenvalue weighted by atomic mass is 79.9. The van der Waals surface area contributed by atoms with Gasteiger partial charge in [-0.2, -0.15) is 0 Å². The van der Waals surface area contributed by atoms with Gasteiger partial charge in [0.15, 0.2) is 0 Å². The van der Waals surface area contributed by atoms with Gasteiger partial charge in [-0.25, -0.2) is 0 Å². The number of halogens is 1. The second kappa shape index (κ2) is 7.78. The van der Waals surface area contributed by atoms with Crippen LogP contribution in [0.15, 0.2) is 46.9 Å². The smallest absolute Gasteiger partial charge is 0.314 e. The van der Waals surface area contributed by atoms with Gasteiger partial charge in [0.25, 0.3) is 0 Å². The van der Waals surface area contributed by atoms with Crippen LogP contribution in [0.25, 0.3) is 0 Å². The molecule has 120 valence electrons. The first-order valence-corrected chi connectivity index (χ1v) is 7.91. The van der Waals surface area contributed by atoms with E-state index < -0.39 is 11.8 Å². The fourth-order valence-electron chi connectivity index (χ4n) is 1.98. The molecule has 6 heteroatoms. The molecule has 0 saturated heterocycles. The van der Waals surface area contributed by atoms with Gasteiger partial charge in [0.2, 0.25) is 0 Å². The number of amides is 2. The van der Waals surface area contributed by atoms with Crippen molar-refractivity contribution in [3.8, 4) is 5.75 Å². The maximum Gasteiger partial charge on any atom is 0.314 e. The molecule has 0 bridgehead atoms. The Morgan fingerprint density at radius 3 is 2.35 bits per heavy atom. The molecule has 0 spiro atoms. The van der Waals surface area contributed by atoms with Crippen LogP contribution in [-0.4, -0.2) is 18.4 Å². The van der Waals surface area contributed by atoms with E-state index in [1.807, 2.05) is 19.9 Å². The molecule has 2 N–H and O–H groups in total. The molecule has 0 heterocycles. The molecule has 0 aliphatic carbocycles. The highest BCUT2D eigenvalue weighted by Crippen LogP contribution is 2.24. The van der Waals surface area contributed by atoms with Gasteiger partial charge in [0, 0.05) is 10.2 Å². The predicted molar refractivity (Wildman–Crippen MR) is 93.7 cm³/mol. The largest absolute Gasteiger partial charge is 0.492 e. The lowest BCUT2D eigenvalue weighted by molar-refractivity contribution is -0.133. The zero-order chi connectivity index (χ0) is 16.8. The lowest BCUT2D eigenvalue weighted by Crippen LogP contribution is -2.29. The number of ether oxygens (including phenoxy) is 1. The molecule has 0 saturated carbocycles. The summed E-state index contributed by atoms with van der Waals surface area (Å²) in [6.07, 6.45) is 0. The van der Waals surface area contributed by atoms with Crippen molar-refractivity contribution in [1.82, 2.24) is 0 Å². The number of rotatable bonds is 4. The summed E-state index contributed by atoms with van der Waals surface area (Å²) in [7, 11) is 0. The Morgan fingerprint density at radius 1 is 1.04 bits per heavy atom. The van der Waals surface area contributed by atoms with Crippen LogP contribution in [0.4, 0.5) is 11.4 Å². The lowest BCUT2D eigenvalue weighted by atomic mass is 10.2. The molecule has 23 heavy (non-hydrogen) atoms. The van der Waals surface area contributed by atoms with Gasteiger partial charge in [-0.1, -0.05) is 28.1 Å². The number of hydrogen-bond acceptors (Lipinski definition) is 3. The number of carbonyl (C=O) groups is 2. The van der Waals surface area contributed by atoms with Crippen LogP contribution in [0, 0.1) is 6.92 Å². The van der Waals surface area contributed by atoms with Crippen LogP contribution in [0.3, 0.4) is 0 Å². The molecule has 0 aliphatic heterocycles. The molecule has 0 aliphatic rings. The normalized spacial score (nSPS) is 10.0. The molecule has 0 unspecified atom stereocenters. The van der Waals surface area contributed by atoms with Crippen molar-refractivity contribution in [3.63, 3.8) is 0 Å². The number of benzene rings is 2. The van der Waals surface area contributed by atoms with Crippen molar-refractivity contribution in [2.45, 2.75) is 13.8 Å². The molecular formula is C17H17BrN2O3. The van der Waals surface area contributed by atoms with E-state index in [1.165, 1.54) is 0 Å². The molecule has 5 nitrogen and oxygen atoms in total. The standard InChI is InChI=1S/C17H17BrN2O3/c1-3-23-15-7-5-4-6-14(15)20-17(22)16(21)19-13-9-8-12(18)10-11(13)2/h4-10H,3H2,1-2H3,(H,19,21)(H,20,22). The third-order valence-corrected chi connectivity index (χ3v) is 3.57. The third-order valence-electron chi connectivity index (χ3n) is 3.08. The molecule has 0 atom stereocenters. The molecule has 0 fully saturated rings. The molecular weight excluding hydrogens is 360 g/mol. The van der Waals surface area contributed by atoms with Gasteiger partial charge < -0.3 is 15.4 Å². The minimum Gasteiger partial charge on any atom is -0.492 e. The summed E-state index contributed by atoms with van der Waals surface area (Å²) in [4.78, 5) is 24.1. The number of anilines is 2. The Bertz CT molecular complexity index is 732. The summed E-state index contributed by atoms with van der Waals surface area (Å²) in [6.45, 7) is 4.17. The molecule has 2 rings (SSSR count). The van der Waals surface area contributed by atoms with E-state index in [-0.39, 0.29) is 0 Å². The number of para-hydroxylation sites is 2. The van der Waals surface area contributed by atoms with Gasteiger partial charge in [-0.15, -0.1) is 0 Å². The first kappa shape index (κ1) is 17.0. The summed E-state index contributed by atoms with van der Waals surface area (Å²) in [5, 5.41) is 5.16. The number of aryl methyl sites for hydroxylation is 1. The quantitative estimate of drug-likeness (QED) is 0.798. The van der Waals surface area contributed by atoms with Crippen molar-refractivity contribution in [3.05, 3.63) is 52.5 Å². The zero-order valence-electron chi connectivity index (χ0n) is 12.9. The number of carbonyl (C=O) groups excluding carboxylic acids is 2. The fourth-order valence-corrected chi connectivity index (χ4v) is 2.45. The van der Waals surface area contributed by atoms with E-state index in [9.17, 15) is 9.59 Å². The van der Waals surface area contributed by atoms with Crippen LogP contribution in [0.1, 0.15) is 12.5 Å². The lowest BCUT2D eigenvalue weighted by Gasteiger charge is -2.12.